The quantitative estimate of drug-likeness (QED) is 0.851. The van der Waals surface area contributed by atoms with Crippen LogP contribution in [-0.4, -0.2) is 37.3 Å². The summed E-state index contributed by atoms with van der Waals surface area (Å²) in [6.07, 6.45) is 6.44. The van der Waals surface area contributed by atoms with Gasteiger partial charge in [-0.05, 0) is 41.9 Å². The van der Waals surface area contributed by atoms with Crippen LogP contribution >= 0.6 is 11.8 Å². The summed E-state index contributed by atoms with van der Waals surface area (Å²) < 4.78 is 2.08. The van der Waals surface area contributed by atoms with Gasteiger partial charge in [-0.25, -0.2) is 4.68 Å². The van der Waals surface area contributed by atoms with Crippen LogP contribution in [0.4, 0.5) is 0 Å². The van der Waals surface area contributed by atoms with E-state index in [0.717, 1.165) is 12.4 Å². The largest absolute Gasteiger partial charge is 0.307 e. The summed E-state index contributed by atoms with van der Waals surface area (Å²) >= 11 is 2.05. The van der Waals surface area contributed by atoms with Crippen molar-refractivity contribution < 1.29 is 0 Å². The van der Waals surface area contributed by atoms with Gasteiger partial charge in [0.1, 0.15) is 0 Å². The molecule has 1 aromatic heterocycles. The lowest BCUT2D eigenvalue weighted by Gasteiger charge is -2.19. The predicted molar refractivity (Wildman–Crippen MR) is 72.5 cm³/mol. The third kappa shape index (κ3) is 2.69. The molecule has 0 amide bonds. The van der Waals surface area contributed by atoms with Crippen molar-refractivity contribution in [3.8, 4) is 0 Å². The first-order valence-corrected chi connectivity index (χ1v) is 8.05. The van der Waals surface area contributed by atoms with Crippen molar-refractivity contribution in [3.05, 3.63) is 5.82 Å². The Morgan fingerprint density at radius 3 is 3.00 bits per heavy atom. The summed E-state index contributed by atoms with van der Waals surface area (Å²) in [4.78, 5) is 0. The Labute approximate surface area is 112 Å². The molecule has 2 saturated carbocycles. The first kappa shape index (κ1) is 12.4. The van der Waals surface area contributed by atoms with Crippen molar-refractivity contribution in [2.75, 3.05) is 5.75 Å². The number of thioether (sulfide) groups is 1. The van der Waals surface area contributed by atoms with E-state index in [0.29, 0.717) is 17.3 Å². The molecule has 0 radical (unpaired) electrons. The summed E-state index contributed by atoms with van der Waals surface area (Å²) in [6.45, 7) is 3.05. The van der Waals surface area contributed by atoms with Crippen LogP contribution < -0.4 is 5.32 Å². The topological polar surface area (TPSA) is 55.6 Å². The van der Waals surface area contributed by atoms with Crippen molar-refractivity contribution >= 4 is 11.8 Å². The zero-order chi connectivity index (χ0) is 12.4. The van der Waals surface area contributed by atoms with Gasteiger partial charge in [0.15, 0.2) is 5.82 Å². The second-order valence-electron chi connectivity index (χ2n) is 5.19. The summed E-state index contributed by atoms with van der Waals surface area (Å²) in [5.41, 5.74) is 0. The standard InChI is InChI=1S/C12H21N5S/c1-2-18-11-5-3-4-10(11)17-12(14-15-16-17)8-13-9-6-7-9/h9-11,13H,2-8H2,1H3. The van der Waals surface area contributed by atoms with Crippen LogP contribution in [0.25, 0.3) is 0 Å². The minimum atomic E-state index is 0.501. The molecule has 5 nitrogen and oxygen atoms in total. The number of nitrogens with zero attached hydrogens (tertiary/aromatic N) is 4. The molecule has 2 aliphatic rings. The lowest BCUT2D eigenvalue weighted by molar-refractivity contribution is 0.437. The molecular weight excluding hydrogens is 246 g/mol. The fourth-order valence-corrected chi connectivity index (χ4v) is 3.94. The third-order valence-electron chi connectivity index (χ3n) is 3.80. The molecule has 18 heavy (non-hydrogen) atoms. The van der Waals surface area contributed by atoms with Gasteiger partial charge in [0.2, 0.25) is 0 Å². The van der Waals surface area contributed by atoms with E-state index >= 15 is 0 Å². The first-order chi connectivity index (χ1) is 8.88. The van der Waals surface area contributed by atoms with Crippen molar-refractivity contribution in [1.82, 2.24) is 25.5 Å². The van der Waals surface area contributed by atoms with E-state index in [1.54, 1.807) is 0 Å². The number of hydrogen-bond donors (Lipinski definition) is 1. The van der Waals surface area contributed by atoms with Gasteiger partial charge in [-0.3, -0.25) is 0 Å². The lowest BCUT2D eigenvalue weighted by atomic mass is 10.2. The summed E-state index contributed by atoms with van der Waals surface area (Å²) in [5, 5.41) is 16.5. The maximum Gasteiger partial charge on any atom is 0.165 e. The molecule has 1 heterocycles. The molecule has 2 aliphatic carbocycles. The molecule has 0 spiro atoms. The summed E-state index contributed by atoms with van der Waals surface area (Å²) in [6, 6.07) is 1.21. The second-order valence-corrected chi connectivity index (χ2v) is 6.70. The fraction of sp³-hybridized carbons (Fsp3) is 0.917. The molecule has 0 aromatic carbocycles. The molecule has 1 aromatic rings. The van der Waals surface area contributed by atoms with E-state index in [1.807, 2.05) is 0 Å². The number of nitrogens with one attached hydrogen (secondary N) is 1. The highest BCUT2D eigenvalue weighted by atomic mass is 32.2. The predicted octanol–water partition coefficient (Wildman–Crippen LogP) is 1.77. The minimum Gasteiger partial charge on any atom is -0.307 e. The number of tetrazole rings is 1. The van der Waals surface area contributed by atoms with Crippen LogP contribution in [-0.2, 0) is 6.54 Å². The molecule has 1 N–H and O–H groups in total. The average molecular weight is 267 g/mol. The second kappa shape index (κ2) is 5.57. The summed E-state index contributed by atoms with van der Waals surface area (Å²) in [7, 11) is 0. The molecule has 2 atom stereocenters. The molecule has 2 fully saturated rings. The monoisotopic (exact) mass is 267 g/mol. The summed E-state index contributed by atoms with van der Waals surface area (Å²) in [5.74, 6) is 2.19. The van der Waals surface area contributed by atoms with Gasteiger partial charge in [0.25, 0.3) is 0 Å². The Bertz CT molecular complexity index is 390. The van der Waals surface area contributed by atoms with Crippen molar-refractivity contribution in [3.63, 3.8) is 0 Å². The van der Waals surface area contributed by atoms with Gasteiger partial charge >= 0.3 is 0 Å². The maximum absolute atomic E-state index is 4.23. The molecule has 3 rings (SSSR count). The zero-order valence-electron chi connectivity index (χ0n) is 10.9. The smallest absolute Gasteiger partial charge is 0.165 e. The van der Waals surface area contributed by atoms with Gasteiger partial charge in [-0.15, -0.1) is 5.10 Å². The average Bonchev–Trinajstić information content (AvgIpc) is 2.90. The van der Waals surface area contributed by atoms with Crippen molar-refractivity contribution in [1.29, 1.82) is 0 Å². The van der Waals surface area contributed by atoms with Crippen LogP contribution in [0.1, 0.15) is 50.9 Å². The first-order valence-electron chi connectivity index (χ1n) is 7.00. The molecule has 0 bridgehead atoms. The van der Waals surface area contributed by atoms with Crippen LogP contribution in [0.5, 0.6) is 0 Å². The Balaban J connectivity index is 1.67. The minimum absolute atomic E-state index is 0.501. The van der Waals surface area contributed by atoms with E-state index in [-0.39, 0.29) is 0 Å². The van der Waals surface area contributed by atoms with Crippen LogP contribution in [0.15, 0.2) is 0 Å². The van der Waals surface area contributed by atoms with Crippen LogP contribution in [0.2, 0.25) is 0 Å². The van der Waals surface area contributed by atoms with Gasteiger partial charge in [-0.2, -0.15) is 11.8 Å². The van der Waals surface area contributed by atoms with E-state index in [4.69, 9.17) is 0 Å². The van der Waals surface area contributed by atoms with Gasteiger partial charge < -0.3 is 5.32 Å². The van der Waals surface area contributed by atoms with Gasteiger partial charge in [-0.1, -0.05) is 13.3 Å². The highest BCUT2D eigenvalue weighted by Gasteiger charge is 2.31. The Hall–Kier alpha value is -0.620. The van der Waals surface area contributed by atoms with Gasteiger partial charge in [0.05, 0.1) is 12.6 Å². The Kier molecular flexibility index (Phi) is 3.84. The Morgan fingerprint density at radius 1 is 1.33 bits per heavy atom. The highest BCUT2D eigenvalue weighted by Crippen LogP contribution is 2.38. The van der Waals surface area contributed by atoms with Crippen molar-refractivity contribution in [2.45, 2.75) is 62.9 Å². The van der Waals surface area contributed by atoms with Gasteiger partial charge in [0, 0.05) is 11.3 Å². The van der Waals surface area contributed by atoms with E-state index < -0.39 is 0 Å². The normalized spacial score (nSPS) is 27.8. The van der Waals surface area contributed by atoms with E-state index in [1.165, 1.54) is 37.9 Å². The number of aromatic nitrogens is 4. The van der Waals surface area contributed by atoms with E-state index in [9.17, 15) is 0 Å². The Morgan fingerprint density at radius 2 is 2.22 bits per heavy atom. The third-order valence-corrected chi connectivity index (χ3v) is 5.11. The lowest BCUT2D eigenvalue weighted by Crippen LogP contribution is -2.24. The molecular formula is C12H21N5S. The maximum atomic E-state index is 4.23. The molecule has 100 valence electrons. The van der Waals surface area contributed by atoms with E-state index in [2.05, 4.69) is 44.2 Å². The SMILES string of the molecule is CCSC1CCCC1n1nnnc1CNC1CC1. The van der Waals surface area contributed by atoms with Crippen LogP contribution in [0.3, 0.4) is 0 Å². The highest BCUT2D eigenvalue weighted by molar-refractivity contribution is 7.99. The molecule has 6 heteroatoms. The zero-order valence-corrected chi connectivity index (χ0v) is 11.7. The molecule has 0 aliphatic heterocycles. The molecule has 2 unspecified atom stereocenters. The molecule has 0 saturated heterocycles. The van der Waals surface area contributed by atoms with Crippen molar-refractivity contribution in [2.24, 2.45) is 0 Å². The number of hydrogen-bond acceptors (Lipinski definition) is 5. The van der Waals surface area contributed by atoms with Crippen LogP contribution in [0, 0.1) is 0 Å². The fourth-order valence-electron chi connectivity index (χ4n) is 2.70. The number of rotatable bonds is 6.